The summed E-state index contributed by atoms with van der Waals surface area (Å²) in [5, 5.41) is 2.71. The topological polar surface area (TPSA) is 38.3 Å². The number of nitrogens with one attached hydrogen (secondary N) is 1. The molecule has 18 heavy (non-hydrogen) atoms. The number of benzene rings is 1. The summed E-state index contributed by atoms with van der Waals surface area (Å²) < 4.78 is 18.7. The molecule has 0 fully saturated rings. The molecule has 1 unspecified atom stereocenters. The van der Waals surface area contributed by atoms with Crippen molar-refractivity contribution in [3.63, 3.8) is 0 Å². The molecule has 3 nitrogen and oxygen atoms in total. The van der Waals surface area contributed by atoms with Gasteiger partial charge in [-0.3, -0.25) is 4.79 Å². The molecule has 0 aromatic heterocycles. The van der Waals surface area contributed by atoms with E-state index < -0.39 is 11.7 Å². The van der Waals surface area contributed by atoms with Crippen molar-refractivity contribution in [3.8, 4) is 0 Å². The largest absolute Gasteiger partial charge is 0.383 e. The molecular weight excluding hydrogens is 257 g/mol. The quantitative estimate of drug-likeness (QED) is 0.809. The minimum atomic E-state index is -0.489. The van der Waals surface area contributed by atoms with Crippen LogP contribution in [0.3, 0.4) is 0 Å². The standard InChI is InChI=1S/C13H17ClFNO2/c1-9-4-3-5-11(12(9)15)13(17)16-10(6-7-14)8-18-2/h3-5,10H,6-8H2,1-2H3,(H,16,17). The summed E-state index contributed by atoms with van der Waals surface area (Å²) >= 11 is 5.64. The molecule has 0 saturated carbocycles. The van der Waals surface area contributed by atoms with Gasteiger partial charge in [-0.05, 0) is 25.0 Å². The number of methoxy groups -OCH3 is 1. The lowest BCUT2D eigenvalue weighted by Gasteiger charge is -2.17. The molecule has 0 heterocycles. The van der Waals surface area contributed by atoms with E-state index in [4.69, 9.17) is 16.3 Å². The van der Waals surface area contributed by atoms with E-state index in [9.17, 15) is 9.18 Å². The minimum absolute atomic E-state index is 0.0469. The van der Waals surface area contributed by atoms with Crippen LogP contribution in [-0.4, -0.2) is 31.5 Å². The Morgan fingerprint density at radius 1 is 1.56 bits per heavy atom. The molecule has 0 spiro atoms. The number of carbonyl (C=O) groups is 1. The van der Waals surface area contributed by atoms with Crippen molar-refractivity contribution in [3.05, 3.63) is 35.1 Å². The third-order valence-electron chi connectivity index (χ3n) is 2.60. The maximum absolute atomic E-state index is 13.8. The molecule has 1 atom stereocenters. The van der Waals surface area contributed by atoms with Gasteiger partial charge in [0.15, 0.2) is 0 Å². The van der Waals surface area contributed by atoms with Gasteiger partial charge in [-0.1, -0.05) is 12.1 Å². The van der Waals surface area contributed by atoms with E-state index in [1.807, 2.05) is 0 Å². The molecule has 1 amide bonds. The van der Waals surface area contributed by atoms with Crippen molar-refractivity contribution in [1.29, 1.82) is 0 Å². The fourth-order valence-electron chi connectivity index (χ4n) is 1.62. The second-order valence-electron chi connectivity index (χ2n) is 4.04. The first-order valence-electron chi connectivity index (χ1n) is 5.71. The number of halogens is 2. The molecule has 0 aliphatic heterocycles. The lowest BCUT2D eigenvalue weighted by atomic mass is 10.1. The minimum Gasteiger partial charge on any atom is -0.383 e. The van der Waals surface area contributed by atoms with Crippen LogP contribution < -0.4 is 5.32 Å². The first kappa shape index (κ1) is 14.9. The van der Waals surface area contributed by atoms with E-state index in [1.54, 1.807) is 26.2 Å². The predicted molar refractivity (Wildman–Crippen MR) is 69.6 cm³/mol. The first-order valence-corrected chi connectivity index (χ1v) is 6.24. The van der Waals surface area contributed by atoms with Crippen molar-refractivity contribution in [2.24, 2.45) is 0 Å². The van der Waals surface area contributed by atoms with Crippen LogP contribution in [0.2, 0.25) is 0 Å². The van der Waals surface area contributed by atoms with Gasteiger partial charge in [-0.2, -0.15) is 0 Å². The van der Waals surface area contributed by atoms with Crippen molar-refractivity contribution in [2.75, 3.05) is 19.6 Å². The summed E-state index contributed by atoms with van der Waals surface area (Å²) in [6, 6.07) is 4.53. The maximum Gasteiger partial charge on any atom is 0.254 e. The summed E-state index contributed by atoms with van der Waals surface area (Å²) in [6.45, 7) is 1.98. The summed E-state index contributed by atoms with van der Waals surface area (Å²) in [6.07, 6.45) is 0.578. The smallest absolute Gasteiger partial charge is 0.254 e. The highest BCUT2D eigenvalue weighted by molar-refractivity contribution is 6.17. The summed E-state index contributed by atoms with van der Waals surface area (Å²) in [5.41, 5.74) is 0.494. The van der Waals surface area contributed by atoms with E-state index in [-0.39, 0.29) is 11.6 Å². The Labute approximate surface area is 111 Å². The van der Waals surface area contributed by atoms with Crippen molar-refractivity contribution >= 4 is 17.5 Å². The Morgan fingerprint density at radius 3 is 2.89 bits per heavy atom. The van der Waals surface area contributed by atoms with Gasteiger partial charge in [0.1, 0.15) is 5.82 Å². The third kappa shape index (κ3) is 3.96. The van der Waals surface area contributed by atoms with Crippen LogP contribution >= 0.6 is 11.6 Å². The average molecular weight is 274 g/mol. The molecule has 1 rings (SSSR count). The van der Waals surface area contributed by atoms with Crippen LogP contribution in [0.4, 0.5) is 4.39 Å². The summed E-state index contributed by atoms with van der Waals surface area (Å²) in [7, 11) is 1.54. The van der Waals surface area contributed by atoms with Gasteiger partial charge < -0.3 is 10.1 Å². The van der Waals surface area contributed by atoms with Crippen LogP contribution in [0.15, 0.2) is 18.2 Å². The fraction of sp³-hybridized carbons (Fsp3) is 0.462. The monoisotopic (exact) mass is 273 g/mol. The number of rotatable bonds is 6. The number of hydrogen-bond donors (Lipinski definition) is 1. The van der Waals surface area contributed by atoms with Gasteiger partial charge in [0, 0.05) is 13.0 Å². The van der Waals surface area contributed by atoms with Gasteiger partial charge in [-0.25, -0.2) is 4.39 Å². The van der Waals surface area contributed by atoms with Gasteiger partial charge in [0.25, 0.3) is 5.91 Å². The van der Waals surface area contributed by atoms with Crippen LogP contribution in [0.5, 0.6) is 0 Å². The Balaban J connectivity index is 2.77. The molecule has 0 aliphatic carbocycles. The Hall–Kier alpha value is -1.13. The molecule has 0 saturated heterocycles. The van der Waals surface area contributed by atoms with E-state index in [0.717, 1.165) is 0 Å². The van der Waals surface area contributed by atoms with Crippen molar-refractivity contribution < 1.29 is 13.9 Å². The van der Waals surface area contributed by atoms with Crippen LogP contribution in [0.1, 0.15) is 22.3 Å². The highest BCUT2D eigenvalue weighted by Gasteiger charge is 2.17. The number of aryl methyl sites for hydroxylation is 1. The van der Waals surface area contributed by atoms with E-state index in [0.29, 0.717) is 24.5 Å². The zero-order valence-electron chi connectivity index (χ0n) is 10.5. The Morgan fingerprint density at radius 2 is 2.28 bits per heavy atom. The molecule has 1 aromatic rings. The van der Waals surface area contributed by atoms with Crippen LogP contribution in [-0.2, 0) is 4.74 Å². The molecule has 0 aliphatic rings. The molecule has 100 valence electrons. The number of alkyl halides is 1. The molecule has 0 bridgehead atoms. The van der Waals surface area contributed by atoms with Gasteiger partial charge >= 0.3 is 0 Å². The molecule has 0 radical (unpaired) electrons. The maximum atomic E-state index is 13.8. The Bertz CT molecular complexity index is 406. The third-order valence-corrected chi connectivity index (χ3v) is 2.82. The molecular formula is C13H17ClFNO2. The van der Waals surface area contributed by atoms with Crippen LogP contribution in [0, 0.1) is 12.7 Å². The predicted octanol–water partition coefficient (Wildman–Crippen LogP) is 2.51. The fourth-order valence-corrected chi connectivity index (χ4v) is 1.88. The van der Waals surface area contributed by atoms with E-state index in [1.165, 1.54) is 6.07 Å². The zero-order chi connectivity index (χ0) is 13.5. The Kier molecular flexibility index (Phi) is 6.09. The van der Waals surface area contributed by atoms with Crippen LogP contribution in [0.25, 0.3) is 0 Å². The summed E-state index contributed by atoms with van der Waals surface area (Å²) in [4.78, 5) is 11.9. The number of amides is 1. The van der Waals surface area contributed by atoms with Gasteiger partial charge in [0.05, 0.1) is 18.2 Å². The first-order chi connectivity index (χ1) is 8.60. The second kappa shape index (κ2) is 7.34. The zero-order valence-corrected chi connectivity index (χ0v) is 11.3. The second-order valence-corrected chi connectivity index (χ2v) is 4.42. The normalized spacial score (nSPS) is 12.2. The summed E-state index contributed by atoms with van der Waals surface area (Å²) in [5.74, 6) is -0.523. The highest BCUT2D eigenvalue weighted by atomic mass is 35.5. The SMILES string of the molecule is COCC(CCCl)NC(=O)c1cccc(C)c1F. The van der Waals surface area contributed by atoms with E-state index >= 15 is 0 Å². The number of hydrogen-bond acceptors (Lipinski definition) is 2. The average Bonchev–Trinajstić information content (AvgIpc) is 2.33. The lowest BCUT2D eigenvalue weighted by Crippen LogP contribution is -2.38. The molecule has 1 aromatic carbocycles. The van der Waals surface area contributed by atoms with Gasteiger partial charge in [0.2, 0.25) is 0 Å². The van der Waals surface area contributed by atoms with Crippen molar-refractivity contribution in [2.45, 2.75) is 19.4 Å². The molecule has 5 heteroatoms. The molecule has 1 N–H and O–H groups in total. The van der Waals surface area contributed by atoms with Crippen molar-refractivity contribution in [1.82, 2.24) is 5.32 Å². The lowest BCUT2D eigenvalue weighted by molar-refractivity contribution is 0.0891. The van der Waals surface area contributed by atoms with E-state index in [2.05, 4.69) is 5.32 Å². The highest BCUT2D eigenvalue weighted by Crippen LogP contribution is 2.12. The number of carbonyl (C=O) groups excluding carboxylic acids is 1. The number of ether oxygens (including phenoxy) is 1. The van der Waals surface area contributed by atoms with Gasteiger partial charge in [-0.15, -0.1) is 11.6 Å².